The van der Waals surface area contributed by atoms with Gasteiger partial charge in [0.05, 0.1) is 11.1 Å². The zero-order valence-corrected chi connectivity index (χ0v) is 21.0. The number of amides is 2. The third kappa shape index (κ3) is 4.27. The maximum Gasteiger partial charge on any atom is 0.234 e. The molecule has 10 heteroatoms. The van der Waals surface area contributed by atoms with Gasteiger partial charge in [-0.3, -0.25) is 14.0 Å². The molecule has 1 aliphatic rings. The van der Waals surface area contributed by atoms with Crippen LogP contribution < -0.4 is 10.6 Å². The summed E-state index contributed by atoms with van der Waals surface area (Å²) in [6.07, 6.45) is 5.02. The van der Waals surface area contributed by atoms with Crippen molar-refractivity contribution >= 4 is 62.2 Å². The van der Waals surface area contributed by atoms with Crippen LogP contribution >= 0.6 is 23.1 Å². The molecule has 0 saturated carbocycles. The van der Waals surface area contributed by atoms with Crippen molar-refractivity contribution in [1.82, 2.24) is 19.6 Å². The Hall–Kier alpha value is -2.98. The Kier molecular flexibility index (Phi) is 6.26. The van der Waals surface area contributed by atoms with Crippen LogP contribution in [-0.4, -0.2) is 37.1 Å². The highest BCUT2D eigenvalue weighted by molar-refractivity contribution is 7.99. The molecule has 3 heterocycles. The zero-order chi connectivity index (χ0) is 23.8. The van der Waals surface area contributed by atoms with Gasteiger partial charge >= 0.3 is 0 Å². The number of anilines is 2. The number of aromatic nitrogens is 4. The number of nitrogens with zero attached hydrogens (tertiary/aromatic N) is 4. The van der Waals surface area contributed by atoms with Crippen LogP contribution in [0.15, 0.2) is 23.4 Å². The van der Waals surface area contributed by atoms with Gasteiger partial charge in [0.25, 0.3) is 0 Å². The summed E-state index contributed by atoms with van der Waals surface area (Å²) in [5.74, 6) is 0.857. The van der Waals surface area contributed by atoms with Crippen LogP contribution in [0, 0.1) is 13.8 Å². The molecule has 0 spiro atoms. The number of aryl methyl sites for hydroxylation is 4. The van der Waals surface area contributed by atoms with Gasteiger partial charge in [0.15, 0.2) is 10.8 Å². The fourth-order valence-corrected chi connectivity index (χ4v) is 6.40. The molecule has 0 saturated heterocycles. The summed E-state index contributed by atoms with van der Waals surface area (Å²) in [5, 5.41) is 16.5. The summed E-state index contributed by atoms with van der Waals surface area (Å²) in [4.78, 5) is 31.6. The Labute approximate surface area is 205 Å². The number of hydrogen-bond donors (Lipinski definition) is 2. The van der Waals surface area contributed by atoms with E-state index in [0.717, 1.165) is 45.8 Å². The first-order valence-corrected chi connectivity index (χ1v) is 13.2. The largest absolute Gasteiger partial charge is 0.326 e. The Balaban J connectivity index is 1.32. The SMILES string of the molecule is CCC(=O)Nc1ccc(NC(=O)CSc2nnc3c4c5c(sc4nc(C)n23)CCCC5)cc1C. The van der Waals surface area contributed by atoms with Crippen molar-refractivity contribution in [3.8, 4) is 0 Å². The van der Waals surface area contributed by atoms with E-state index in [9.17, 15) is 9.59 Å². The van der Waals surface area contributed by atoms with E-state index in [1.807, 2.05) is 31.2 Å². The van der Waals surface area contributed by atoms with Gasteiger partial charge in [0.2, 0.25) is 11.8 Å². The number of thioether (sulfide) groups is 1. The van der Waals surface area contributed by atoms with E-state index >= 15 is 0 Å². The highest BCUT2D eigenvalue weighted by Crippen LogP contribution is 2.38. The topological polar surface area (TPSA) is 101 Å². The summed E-state index contributed by atoms with van der Waals surface area (Å²) >= 11 is 3.13. The van der Waals surface area contributed by atoms with E-state index in [1.165, 1.54) is 35.0 Å². The van der Waals surface area contributed by atoms with Gasteiger partial charge in [-0.1, -0.05) is 18.7 Å². The van der Waals surface area contributed by atoms with Crippen molar-refractivity contribution in [3.63, 3.8) is 0 Å². The maximum absolute atomic E-state index is 12.6. The first kappa shape index (κ1) is 22.8. The minimum Gasteiger partial charge on any atom is -0.326 e. The summed E-state index contributed by atoms with van der Waals surface area (Å²) in [6.45, 7) is 5.67. The molecular formula is C24H26N6O2S2. The highest BCUT2D eigenvalue weighted by Gasteiger charge is 2.22. The second-order valence-electron chi connectivity index (χ2n) is 8.46. The van der Waals surface area contributed by atoms with E-state index < -0.39 is 0 Å². The lowest BCUT2D eigenvalue weighted by molar-refractivity contribution is -0.116. The molecule has 1 aromatic carbocycles. The van der Waals surface area contributed by atoms with E-state index in [0.29, 0.717) is 17.3 Å². The lowest BCUT2D eigenvalue weighted by Crippen LogP contribution is -2.15. The van der Waals surface area contributed by atoms with Crippen molar-refractivity contribution in [2.24, 2.45) is 0 Å². The van der Waals surface area contributed by atoms with Crippen molar-refractivity contribution in [3.05, 3.63) is 40.0 Å². The van der Waals surface area contributed by atoms with Crippen LogP contribution in [0.5, 0.6) is 0 Å². The molecule has 5 rings (SSSR count). The smallest absolute Gasteiger partial charge is 0.234 e. The fourth-order valence-electron chi connectivity index (χ4n) is 4.32. The van der Waals surface area contributed by atoms with E-state index in [-0.39, 0.29) is 17.6 Å². The summed E-state index contributed by atoms with van der Waals surface area (Å²) in [7, 11) is 0. The number of carbonyl (C=O) groups is 2. The summed E-state index contributed by atoms with van der Waals surface area (Å²) in [6, 6.07) is 5.45. The van der Waals surface area contributed by atoms with Gasteiger partial charge in [-0.2, -0.15) is 0 Å². The molecule has 0 aliphatic heterocycles. The van der Waals surface area contributed by atoms with Gasteiger partial charge in [-0.05, 0) is 68.9 Å². The quantitative estimate of drug-likeness (QED) is 0.369. The van der Waals surface area contributed by atoms with Crippen LogP contribution in [-0.2, 0) is 22.4 Å². The Morgan fingerprint density at radius 1 is 1.12 bits per heavy atom. The molecule has 1 aliphatic carbocycles. The second-order valence-corrected chi connectivity index (χ2v) is 10.5. The summed E-state index contributed by atoms with van der Waals surface area (Å²) in [5.41, 5.74) is 4.54. The number of carbonyl (C=O) groups excluding carboxylic acids is 2. The van der Waals surface area contributed by atoms with E-state index in [1.54, 1.807) is 23.5 Å². The first-order valence-electron chi connectivity index (χ1n) is 11.4. The number of thiophene rings is 1. The average molecular weight is 495 g/mol. The predicted octanol–water partition coefficient (Wildman–Crippen LogP) is 4.91. The number of fused-ring (bicyclic) bond motifs is 5. The van der Waals surface area contributed by atoms with Crippen molar-refractivity contribution in [2.45, 2.75) is 58.0 Å². The molecule has 4 aromatic rings. The highest BCUT2D eigenvalue weighted by atomic mass is 32.2. The number of rotatable bonds is 6. The molecule has 8 nitrogen and oxygen atoms in total. The molecule has 3 aromatic heterocycles. The zero-order valence-electron chi connectivity index (χ0n) is 19.4. The first-order chi connectivity index (χ1) is 16.4. The van der Waals surface area contributed by atoms with Crippen LogP contribution in [0.4, 0.5) is 11.4 Å². The molecule has 0 unspecified atom stereocenters. The molecule has 0 fully saturated rings. The average Bonchev–Trinajstić information content (AvgIpc) is 3.40. The predicted molar refractivity (Wildman–Crippen MR) is 137 cm³/mol. The van der Waals surface area contributed by atoms with Gasteiger partial charge in [0, 0.05) is 22.7 Å². The molecular weight excluding hydrogens is 468 g/mol. The molecule has 176 valence electrons. The number of benzene rings is 1. The van der Waals surface area contributed by atoms with Gasteiger partial charge in [0.1, 0.15) is 10.7 Å². The van der Waals surface area contributed by atoms with Crippen molar-refractivity contribution in [1.29, 1.82) is 0 Å². The minimum atomic E-state index is -0.133. The van der Waals surface area contributed by atoms with Crippen molar-refractivity contribution in [2.75, 3.05) is 16.4 Å². The molecule has 2 amide bonds. The van der Waals surface area contributed by atoms with Crippen LogP contribution in [0.3, 0.4) is 0 Å². The van der Waals surface area contributed by atoms with Crippen LogP contribution in [0.2, 0.25) is 0 Å². The monoisotopic (exact) mass is 494 g/mol. The van der Waals surface area contributed by atoms with E-state index in [4.69, 9.17) is 4.98 Å². The lowest BCUT2D eigenvalue weighted by atomic mass is 9.97. The third-order valence-electron chi connectivity index (χ3n) is 6.03. The third-order valence-corrected chi connectivity index (χ3v) is 8.15. The van der Waals surface area contributed by atoms with Crippen molar-refractivity contribution < 1.29 is 9.59 Å². The Bertz CT molecular complexity index is 1420. The number of nitrogens with one attached hydrogen (secondary N) is 2. The van der Waals surface area contributed by atoms with E-state index in [2.05, 4.69) is 20.8 Å². The molecule has 34 heavy (non-hydrogen) atoms. The minimum absolute atomic E-state index is 0.0400. The number of hydrogen-bond acceptors (Lipinski definition) is 7. The van der Waals surface area contributed by atoms with Gasteiger partial charge in [-0.15, -0.1) is 21.5 Å². The van der Waals surface area contributed by atoms with Crippen LogP contribution in [0.25, 0.3) is 15.9 Å². The molecule has 2 N–H and O–H groups in total. The Morgan fingerprint density at radius 2 is 1.94 bits per heavy atom. The maximum atomic E-state index is 12.6. The molecule has 0 atom stereocenters. The molecule has 0 bridgehead atoms. The van der Waals surface area contributed by atoms with Gasteiger partial charge in [-0.25, -0.2) is 4.98 Å². The fraction of sp³-hybridized carbons (Fsp3) is 0.375. The normalized spacial score (nSPS) is 13.3. The Morgan fingerprint density at radius 3 is 2.74 bits per heavy atom. The lowest BCUT2D eigenvalue weighted by Gasteiger charge is -2.11. The molecule has 0 radical (unpaired) electrons. The second kappa shape index (κ2) is 9.34. The van der Waals surface area contributed by atoms with Gasteiger partial charge < -0.3 is 10.6 Å². The summed E-state index contributed by atoms with van der Waals surface area (Å²) < 4.78 is 1.97. The standard InChI is InChI=1S/C24H26N6O2S2/c1-4-19(31)27-17-10-9-15(11-13(17)2)26-20(32)12-33-24-29-28-22-21-16-7-5-6-8-18(16)34-23(21)25-14(3)30(22)24/h9-11H,4-8,12H2,1-3H3,(H,26,32)(H,27,31). The van der Waals surface area contributed by atoms with Crippen LogP contribution in [0.1, 0.15) is 48.0 Å².